The number of hydrogen-bond donors (Lipinski definition) is 0. The van der Waals surface area contributed by atoms with Crippen LogP contribution in [0.3, 0.4) is 0 Å². The summed E-state index contributed by atoms with van der Waals surface area (Å²) in [7, 11) is 0. The summed E-state index contributed by atoms with van der Waals surface area (Å²) in [5.74, 6) is 2.79. The average molecular weight is 306 g/mol. The summed E-state index contributed by atoms with van der Waals surface area (Å²) >= 11 is 0. The van der Waals surface area contributed by atoms with E-state index in [-0.39, 0.29) is 0 Å². The van der Waals surface area contributed by atoms with E-state index in [0.717, 1.165) is 57.9 Å². The molecule has 22 heavy (non-hydrogen) atoms. The minimum atomic E-state index is 0.621. The van der Waals surface area contributed by atoms with Gasteiger partial charge in [0.15, 0.2) is 5.82 Å². The smallest absolute Gasteiger partial charge is 0.230 e. The molecular formula is C14H22N6O2. The van der Waals surface area contributed by atoms with Gasteiger partial charge in [0.25, 0.3) is 0 Å². The Kier molecular flexibility index (Phi) is 4.79. The molecule has 0 amide bonds. The van der Waals surface area contributed by atoms with Gasteiger partial charge in [-0.2, -0.15) is 4.98 Å². The van der Waals surface area contributed by atoms with Crippen LogP contribution in [0.4, 0.5) is 0 Å². The van der Waals surface area contributed by atoms with Crippen molar-refractivity contribution >= 4 is 0 Å². The number of aryl methyl sites for hydroxylation is 2. The second-order valence-corrected chi connectivity index (χ2v) is 5.58. The zero-order valence-corrected chi connectivity index (χ0v) is 13.2. The summed E-state index contributed by atoms with van der Waals surface area (Å²) in [6, 6.07) is 0. The first kappa shape index (κ1) is 15.1. The van der Waals surface area contributed by atoms with Crippen LogP contribution in [0.15, 0.2) is 8.94 Å². The first-order valence-electron chi connectivity index (χ1n) is 7.78. The van der Waals surface area contributed by atoms with Gasteiger partial charge in [0.2, 0.25) is 17.7 Å². The van der Waals surface area contributed by atoms with Crippen LogP contribution in [-0.4, -0.2) is 56.3 Å². The van der Waals surface area contributed by atoms with Crippen molar-refractivity contribution in [3.8, 4) is 0 Å². The van der Waals surface area contributed by atoms with Crippen LogP contribution in [0.5, 0.6) is 0 Å². The van der Waals surface area contributed by atoms with Gasteiger partial charge >= 0.3 is 0 Å². The predicted octanol–water partition coefficient (Wildman–Crippen LogP) is 1.03. The molecule has 1 saturated heterocycles. The van der Waals surface area contributed by atoms with Crippen molar-refractivity contribution in [3.63, 3.8) is 0 Å². The molecule has 1 fully saturated rings. The fourth-order valence-corrected chi connectivity index (χ4v) is 2.63. The lowest BCUT2D eigenvalue weighted by Gasteiger charge is -2.19. The summed E-state index contributed by atoms with van der Waals surface area (Å²) in [6.45, 7) is 9.31. The molecule has 0 N–H and O–H groups in total. The predicted molar refractivity (Wildman–Crippen MR) is 77.9 cm³/mol. The zero-order chi connectivity index (χ0) is 15.4. The van der Waals surface area contributed by atoms with Crippen LogP contribution in [0.25, 0.3) is 0 Å². The lowest BCUT2D eigenvalue weighted by Crippen LogP contribution is -2.30. The number of nitrogens with zero attached hydrogens (tertiary/aromatic N) is 6. The summed E-state index contributed by atoms with van der Waals surface area (Å²) in [5.41, 5.74) is 0. The highest BCUT2D eigenvalue weighted by Gasteiger charge is 2.18. The van der Waals surface area contributed by atoms with Crippen molar-refractivity contribution in [2.24, 2.45) is 0 Å². The minimum absolute atomic E-state index is 0.621. The van der Waals surface area contributed by atoms with Crippen LogP contribution in [0.2, 0.25) is 0 Å². The molecule has 120 valence electrons. The van der Waals surface area contributed by atoms with Crippen LogP contribution in [0.1, 0.15) is 36.8 Å². The van der Waals surface area contributed by atoms with Crippen molar-refractivity contribution in [2.45, 2.75) is 39.8 Å². The Morgan fingerprint density at radius 2 is 1.77 bits per heavy atom. The van der Waals surface area contributed by atoms with E-state index in [2.05, 4.69) is 30.1 Å². The number of hydrogen-bond acceptors (Lipinski definition) is 8. The molecule has 3 heterocycles. The second-order valence-electron chi connectivity index (χ2n) is 5.58. The van der Waals surface area contributed by atoms with E-state index in [9.17, 15) is 0 Å². The van der Waals surface area contributed by atoms with Gasteiger partial charge in [-0.3, -0.25) is 9.80 Å². The molecule has 0 spiro atoms. The summed E-state index contributed by atoms with van der Waals surface area (Å²) < 4.78 is 10.6. The molecule has 0 bridgehead atoms. The molecule has 0 atom stereocenters. The lowest BCUT2D eigenvalue weighted by molar-refractivity contribution is 0.226. The Bertz CT molecular complexity index is 596. The van der Waals surface area contributed by atoms with Crippen molar-refractivity contribution in [3.05, 3.63) is 23.5 Å². The maximum atomic E-state index is 5.45. The summed E-state index contributed by atoms with van der Waals surface area (Å²) in [6.07, 6.45) is 1.88. The molecule has 0 aromatic carbocycles. The molecule has 0 unspecified atom stereocenters. The molecule has 3 rings (SSSR count). The van der Waals surface area contributed by atoms with Crippen LogP contribution >= 0.6 is 0 Å². The summed E-state index contributed by atoms with van der Waals surface area (Å²) in [5, 5.41) is 12.0. The van der Waals surface area contributed by atoms with E-state index in [1.54, 1.807) is 0 Å². The maximum Gasteiger partial charge on any atom is 0.230 e. The fourth-order valence-electron chi connectivity index (χ4n) is 2.63. The molecule has 0 saturated carbocycles. The zero-order valence-electron chi connectivity index (χ0n) is 13.2. The highest BCUT2D eigenvalue weighted by atomic mass is 16.5. The number of rotatable bonds is 5. The van der Waals surface area contributed by atoms with Crippen LogP contribution in [0, 0.1) is 6.92 Å². The molecule has 8 heteroatoms. The molecule has 0 radical (unpaired) electrons. The fraction of sp³-hybridized carbons (Fsp3) is 0.714. The van der Waals surface area contributed by atoms with Gasteiger partial charge in [0.1, 0.15) is 0 Å². The first-order chi connectivity index (χ1) is 10.7. The van der Waals surface area contributed by atoms with Gasteiger partial charge in [-0.25, -0.2) is 0 Å². The van der Waals surface area contributed by atoms with Crippen molar-refractivity contribution < 1.29 is 8.94 Å². The quantitative estimate of drug-likeness (QED) is 0.810. The molecule has 2 aromatic heterocycles. The Labute approximate surface area is 129 Å². The molecule has 1 aliphatic heterocycles. The SMILES string of the molecule is CCc1nc(CN2CCCN(Cc3nnc(C)o3)CC2)no1. The van der Waals surface area contributed by atoms with Gasteiger partial charge in [-0.05, 0) is 19.5 Å². The standard InChI is InChI=1S/C14H22N6O2/c1-3-13-15-12(18-22-13)9-19-5-4-6-20(8-7-19)10-14-17-16-11(2)21-14/h3-10H2,1-2H3. The third-order valence-electron chi connectivity index (χ3n) is 3.79. The summed E-state index contributed by atoms with van der Waals surface area (Å²) in [4.78, 5) is 9.09. The van der Waals surface area contributed by atoms with E-state index in [4.69, 9.17) is 8.94 Å². The normalized spacial score (nSPS) is 17.7. The molecule has 0 aliphatic carbocycles. The Morgan fingerprint density at radius 3 is 2.41 bits per heavy atom. The van der Waals surface area contributed by atoms with E-state index in [0.29, 0.717) is 17.7 Å². The first-order valence-corrected chi connectivity index (χ1v) is 7.78. The monoisotopic (exact) mass is 306 g/mol. The van der Waals surface area contributed by atoms with E-state index >= 15 is 0 Å². The molecular weight excluding hydrogens is 284 g/mol. The minimum Gasteiger partial charge on any atom is -0.424 e. The number of aromatic nitrogens is 4. The van der Waals surface area contributed by atoms with E-state index in [1.165, 1.54) is 0 Å². The molecule has 8 nitrogen and oxygen atoms in total. The van der Waals surface area contributed by atoms with Gasteiger partial charge in [-0.1, -0.05) is 12.1 Å². The largest absolute Gasteiger partial charge is 0.424 e. The van der Waals surface area contributed by atoms with Crippen LogP contribution < -0.4 is 0 Å². The highest BCUT2D eigenvalue weighted by molar-refractivity contribution is 4.87. The second kappa shape index (κ2) is 6.97. The van der Waals surface area contributed by atoms with Gasteiger partial charge < -0.3 is 8.94 Å². The topological polar surface area (TPSA) is 84.3 Å². The average Bonchev–Trinajstić information content (AvgIpc) is 3.06. The molecule has 1 aliphatic rings. The Hall–Kier alpha value is -1.80. The third-order valence-corrected chi connectivity index (χ3v) is 3.79. The van der Waals surface area contributed by atoms with E-state index in [1.807, 2.05) is 13.8 Å². The van der Waals surface area contributed by atoms with E-state index < -0.39 is 0 Å². The maximum absolute atomic E-state index is 5.45. The van der Waals surface area contributed by atoms with Gasteiger partial charge in [0, 0.05) is 26.4 Å². The Balaban J connectivity index is 1.51. The van der Waals surface area contributed by atoms with Gasteiger partial charge in [0.05, 0.1) is 13.1 Å². The highest BCUT2D eigenvalue weighted by Crippen LogP contribution is 2.10. The Morgan fingerprint density at radius 1 is 1.00 bits per heavy atom. The third kappa shape index (κ3) is 3.89. The van der Waals surface area contributed by atoms with Crippen molar-refractivity contribution in [1.29, 1.82) is 0 Å². The van der Waals surface area contributed by atoms with Crippen LogP contribution in [-0.2, 0) is 19.5 Å². The van der Waals surface area contributed by atoms with Crippen molar-refractivity contribution in [2.75, 3.05) is 26.2 Å². The van der Waals surface area contributed by atoms with Gasteiger partial charge in [-0.15, -0.1) is 10.2 Å². The van der Waals surface area contributed by atoms with Crippen molar-refractivity contribution in [1.82, 2.24) is 30.1 Å². The lowest BCUT2D eigenvalue weighted by atomic mass is 10.3. The molecule has 2 aromatic rings.